The number of rotatable bonds is 16. The first kappa shape index (κ1) is 35.9. The van der Waals surface area contributed by atoms with Crippen LogP contribution in [0.25, 0.3) is 0 Å². The molecule has 0 saturated heterocycles. The van der Waals surface area contributed by atoms with Crippen molar-refractivity contribution < 1.29 is 23.4 Å². The Kier molecular flexibility index (Phi) is 12.8. The Labute approximate surface area is 282 Å². The van der Waals surface area contributed by atoms with Crippen LogP contribution in [0.5, 0.6) is 11.5 Å². The molecule has 1 N–H and O–H groups in total. The van der Waals surface area contributed by atoms with Crippen LogP contribution in [0.15, 0.2) is 103 Å². The Morgan fingerprint density at radius 1 is 0.745 bits per heavy atom. The van der Waals surface area contributed by atoms with E-state index in [0.717, 1.165) is 40.2 Å². The van der Waals surface area contributed by atoms with E-state index in [1.165, 1.54) is 12.7 Å². The molecule has 6 nitrogen and oxygen atoms in total. The normalized spacial score (nSPS) is 13.1. The summed E-state index contributed by atoms with van der Waals surface area (Å²) in [6.45, 7) is 15.1. The van der Waals surface area contributed by atoms with Gasteiger partial charge >= 0.3 is 5.97 Å². The Balaban J connectivity index is 1.58. The van der Waals surface area contributed by atoms with Crippen LogP contribution in [0.1, 0.15) is 61.6 Å². The SMILES string of the molecule is COC(=O)Cc1cccc(C[C@@H](C)NC[C@H](O[Si](C)(C)C(C)(C)C)c2cc(OCc3ccccc3)cc(OCc3ccccc3)c2)c1. The molecule has 0 bridgehead atoms. The van der Waals surface area contributed by atoms with Gasteiger partial charge in [-0.05, 0) is 71.4 Å². The molecule has 250 valence electrons. The van der Waals surface area contributed by atoms with Gasteiger partial charge < -0.3 is 24.0 Å². The summed E-state index contributed by atoms with van der Waals surface area (Å²) in [7, 11) is -0.746. The molecule has 7 heteroatoms. The van der Waals surface area contributed by atoms with Gasteiger partial charge in [-0.2, -0.15) is 0 Å². The van der Waals surface area contributed by atoms with E-state index >= 15 is 0 Å². The van der Waals surface area contributed by atoms with E-state index in [4.69, 9.17) is 18.6 Å². The maximum absolute atomic E-state index is 11.8. The number of methoxy groups -OCH3 is 1. The van der Waals surface area contributed by atoms with E-state index in [9.17, 15) is 4.79 Å². The number of nitrogens with one attached hydrogen (secondary N) is 1. The number of hydrogen-bond acceptors (Lipinski definition) is 6. The average molecular weight is 654 g/mol. The van der Waals surface area contributed by atoms with Gasteiger partial charge in [-0.1, -0.05) is 106 Å². The Bertz CT molecular complexity index is 1490. The predicted octanol–water partition coefficient (Wildman–Crippen LogP) is 8.84. The molecule has 0 fully saturated rings. The smallest absolute Gasteiger partial charge is 0.309 e. The lowest BCUT2D eigenvalue weighted by Crippen LogP contribution is -2.44. The van der Waals surface area contributed by atoms with E-state index in [1.807, 2.05) is 54.6 Å². The Hall–Kier alpha value is -3.91. The van der Waals surface area contributed by atoms with Crippen molar-refractivity contribution in [1.82, 2.24) is 5.32 Å². The second kappa shape index (κ2) is 16.8. The molecule has 0 aliphatic carbocycles. The standard InChI is InChI=1S/C40H51NO5Si/c1-30(21-33-19-14-20-34(22-33)23-39(42)43-5)41-27-38(46-47(6,7)40(2,3)4)35-24-36(44-28-31-15-10-8-11-16-31)26-37(25-35)45-29-32-17-12-9-13-18-32/h8-20,22,24-26,30,38,41H,21,23,27-29H2,1-7H3/t30-,38+/m1/s1. The van der Waals surface area contributed by atoms with Gasteiger partial charge in [0.25, 0.3) is 0 Å². The van der Waals surface area contributed by atoms with Gasteiger partial charge in [0.15, 0.2) is 8.32 Å². The average Bonchev–Trinajstić information content (AvgIpc) is 3.05. The van der Waals surface area contributed by atoms with E-state index in [0.29, 0.717) is 19.8 Å². The molecule has 47 heavy (non-hydrogen) atoms. The van der Waals surface area contributed by atoms with E-state index in [2.05, 4.69) is 94.6 Å². The molecule has 0 heterocycles. The minimum Gasteiger partial charge on any atom is -0.489 e. The van der Waals surface area contributed by atoms with Gasteiger partial charge in [-0.25, -0.2) is 0 Å². The first-order valence-corrected chi connectivity index (χ1v) is 19.4. The molecule has 0 radical (unpaired) electrons. The Morgan fingerprint density at radius 3 is 1.81 bits per heavy atom. The number of carbonyl (C=O) groups excluding carboxylic acids is 1. The molecule has 0 saturated carbocycles. The maximum Gasteiger partial charge on any atom is 0.309 e. The highest BCUT2D eigenvalue weighted by atomic mass is 28.4. The minimum atomic E-state index is -2.17. The summed E-state index contributed by atoms with van der Waals surface area (Å²) in [6.07, 6.45) is 0.864. The third kappa shape index (κ3) is 11.4. The zero-order valence-corrected chi connectivity index (χ0v) is 30.0. The first-order chi connectivity index (χ1) is 22.4. The van der Waals surface area contributed by atoms with Crippen LogP contribution in [0.3, 0.4) is 0 Å². The van der Waals surface area contributed by atoms with Gasteiger partial charge in [0, 0.05) is 18.7 Å². The highest BCUT2D eigenvalue weighted by Gasteiger charge is 2.39. The van der Waals surface area contributed by atoms with Crippen molar-refractivity contribution in [2.24, 2.45) is 0 Å². The molecule has 4 rings (SSSR count). The molecule has 0 amide bonds. The van der Waals surface area contributed by atoms with Crippen molar-refractivity contribution in [2.75, 3.05) is 13.7 Å². The molecular formula is C40H51NO5Si. The number of ether oxygens (including phenoxy) is 3. The summed E-state index contributed by atoms with van der Waals surface area (Å²) in [4.78, 5) is 11.8. The number of hydrogen-bond donors (Lipinski definition) is 1. The largest absolute Gasteiger partial charge is 0.489 e. The second-order valence-corrected chi connectivity index (χ2v) is 18.5. The maximum atomic E-state index is 11.8. The first-order valence-electron chi connectivity index (χ1n) is 16.5. The summed E-state index contributed by atoms with van der Waals surface area (Å²) < 4.78 is 24.7. The molecule has 4 aromatic rings. The second-order valence-electron chi connectivity index (χ2n) is 13.7. The van der Waals surface area contributed by atoms with Crippen molar-refractivity contribution in [1.29, 1.82) is 0 Å². The quantitative estimate of drug-likeness (QED) is 0.0963. The van der Waals surface area contributed by atoms with E-state index in [-0.39, 0.29) is 29.6 Å². The molecule has 0 aliphatic rings. The Morgan fingerprint density at radius 2 is 1.28 bits per heavy atom. The van der Waals surface area contributed by atoms with Gasteiger partial charge in [0.2, 0.25) is 0 Å². The molecule has 0 aliphatic heterocycles. The summed E-state index contributed by atoms with van der Waals surface area (Å²) in [6, 6.07) is 34.9. The van der Waals surface area contributed by atoms with Crippen molar-refractivity contribution in [3.05, 3.63) is 131 Å². The van der Waals surface area contributed by atoms with Crippen LogP contribution in [0.2, 0.25) is 18.1 Å². The van der Waals surface area contributed by atoms with Gasteiger partial charge in [0.05, 0.1) is 19.6 Å². The zero-order valence-electron chi connectivity index (χ0n) is 29.0. The fraction of sp³-hybridized carbons (Fsp3) is 0.375. The minimum absolute atomic E-state index is 0.0327. The van der Waals surface area contributed by atoms with Crippen LogP contribution in [0.4, 0.5) is 0 Å². The summed E-state index contributed by atoms with van der Waals surface area (Å²) >= 11 is 0. The van der Waals surface area contributed by atoms with Gasteiger partial charge in [0.1, 0.15) is 24.7 Å². The van der Waals surface area contributed by atoms with Crippen molar-refractivity contribution in [3.63, 3.8) is 0 Å². The third-order valence-corrected chi connectivity index (χ3v) is 13.3. The highest BCUT2D eigenvalue weighted by molar-refractivity contribution is 6.74. The lowest BCUT2D eigenvalue weighted by atomic mass is 10.0. The summed E-state index contributed by atoms with van der Waals surface area (Å²) in [5.41, 5.74) is 5.34. The monoisotopic (exact) mass is 653 g/mol. The number of esters is 1. The number of benzene rings is 4. The summed E-state index contributed by atoms with van der Waals surface area (Å²) in [5.74, 6) is 1.25. The van der Waals surface area contributed by atoms with Crippen LogP contribution in [-0.4, -0.2) is 34.0 Å². The lowest BCUT2D eigenvalue weighted by molar-refractivity contribution is -0.139. The van der Waals surface area contributed by atoms with Crippen molar-refractivity contribution in [3.8, 4) is 11.5 Å². The van der Waals surface area contributed by atoms with E-state index < -0.39 is 8.32 Å². The highest BCUT2D eigenvalue weighted by Crippen LogP contribution is 2.40. The van der Waals surface area contributed by atoms with Crippen molar-refractivity contribution in [2.45, 2.75) is 84.0 Å². The van der Waals surface area contributed by atoms with E-state index in [1.54, 1.807) is 0 Å². The molecule has 0 spiro atoms. The van der Waals surface area contributed by atoms with Crippen LogP contribution < -0.4 is 14.8 Å². The zero-order chi connectivity index (χ0) is 33.9. The third-order valence-electron chi connectivity index (χ3n) is 8.78. The molecule has 0 unspecified atom stereocenters. The van der Waals surface area contributed by atoms with Crippen molar-refractivity contribution >= 4 is 14.3 Å². The topological polar surface area (TPSA) is 66.0 Å². The van der Waals surface area contributed by atoms with Crippen LogP contribution in [0, 0.1) is 0 Å². The lowest BCUT2D eigenvalue weighted by Gasteiger charge is -2.40. The van der Waals surface area contributed by atoms with Gasteiger partial charge in [-0.15, -0.1) is 0 Å². The molecule has 0 aromatic heterocycles. The predicted molar refractivity (Wildman–Crippen MR) is 192 cm³/mol. The van der Waals surface area contributed by atoms with Crippen LogP contribution in [-0.2, 0) is 40.0 Å². The molecular weight excluding hydrogens is 603 g/mol. The number of carbonyl (C=O) groups is 1. The fourth-order valence-corrected chi connectivity index (χ4v) is 6.31. The van der Waals surface area contributed by atoms with Gasteiger partial charge in [-0.3, -0.25) is 4.79 Å². The summed E-state index contributed by atoms with van der Waals surface area (Å²) in [5, 5.41) is 3.79. The molecule has 2 atom stereocenters. The fourth-order valence-electron chi connectivity index (χ4n) is 5.03. The molecule has 4 aromatic carbocycles. The van der Waals surface area contributed by atoms with Crippen LogP contribution >= 0.6 is 0 Å².